The van der Waals surface area contributed by atoms with Crippen LogP contribution in [0.3, 0.4) is 0 Å². The molecule has 1 aliphatic heterocycles. The number of anilines is 1. The van der Waals surface area contributed by atoms with Gasteiger partial charge in [0, 0.05) is 37.2 Å². The summed E-state index contributed by atoms with van der Waals surface area (Å²) in [5.74, 6) is 5.89. The van der Waals surface area contributed by atoms with Crippen molar-refractivity contribution in [2.45, 2.75) is 44.1 Å². The summed E-state index contributed by atoms with van der Waals surface area (Å²) < 4.78 is 1.88. The maximum atomic E-state index is 13.2. The molecule has 4 aliphatic carbocycles. The maximum Gasteiger partial charge on any atom is 0.257 e. The molecule has 1 N–H and O–H groups in total. The molecular formula is C19H28N4OS. The van der Waals surface area contributed by atoms with Crippen molar-refractivity contribution in [3.63, 3.8) is 0 Å². The first-order valence-electron chi connectivity index (χ1n) is 9.79. The Labute approximate surface area is 153 Å². The normalized spacial score (nSPS) is 36.7. The van der Waals surface area contributed by atoms with Gasteiger partial charge in [-0.1, -0.05) is 0 Å². The SMILES string of the molecule is Cn1ncc(C(=O)NC23CC4CC(CC(C4)C2)C3)c1N1CCSCC1. The molecule has 1 amide bonds. The van der Waals surface area contributed by atoms with Crippen LogP contribution in [0.5, 0.6) is 0 Å². The summed E-state index contributed by atoms with van der Waals surface area (Å²) in [5, 5.41) is 7.92. The number of thioether (sulfide) groups is 1. The Hall–Kier alpha value is -1.17. The quantitative estimate of drug-likeness (QED) is 0.900. The van der Waals surface area contributed by atoms with E-state index in [1.807, 2.05) is 23.5 Å². The summed E-state index contributed by atoms with van der Waals surface area (Å²) in [4.78, 5) is 15.5. The van der Waals surface area contributed by atoms with Crippen molar-refractivity contribution in [1.82, 2.24) is 15.1 Å². The number of amides is 1. The van der Waals surface area contributed by atoms with Gasteiger partial charge in [0.2, 0.25) is 0 Å². The molecule has 6 heteroatoms. The first kappa shape index (κ1) is 16.0. The molecule has 0 spiro atoms. The third-order valence-electron chi connectivity index (χ3n) is 6.88. The number of aromatic nitrogens is 2. The van der Waals surface area contributed by atoms with Crippen molar-refractivity contribution >= 4 is 23.5 Å². The van der Waals surface area contributed by atoms with E-state index in [0.717, 1.165) is 53.7 Å². The van der Waals surface area contributed by atoms with Crippen molar-refractivity contribution in [2.75, 3.05) is 29.5 Å². The highest BCUT2D eigenvalue weighted by Gasteiger charge is 2.51. The second-order valence-corrected chi connectivity index (χ2v) is 9.98. The summed E-state index contributed by atoms with van der Waals surface area (Å²) in [6.07, 6.45) is 9.56. The molecule has 1 saturated heterocycles. The van der Waals surface area contributed by atoms with Crippen LogP contribution < -0.4 is 10.2 Å². The van der Waals surface area contributed by atoms with E-state index in [9.17, 15) is 4.79 Å². The zero-order valence-electron chi connectivity index (χ0n) is 15.0. The van der Waals surface area contributed by atoms with Gasteiger partial charge in [-0.15, -0.1) is 0 Å². The van der Waals surface area contributed by atoms with Crippen LogP contribution in [0.2, 0.25) is 0 Å². The Morgan fingerprint density at radius 1 is 1.16 bits per heavy atom. The third-order valence-corrected chi connectivity index (χ3v) is 7.82. The van der Waals surface area contributed by atoms with E-state index in [-0.39, 0.29) is 11.4 Å². The standard InChI is InChI=1S/C19H28N4OS/c1-22-18(23-2-4-25-5-3-23)16(12-20-22)17(24)21-19-9-13-6-14(10-19)8-15(7-13)11-19/h12-15H,2-11H2,1H3,(H,21,24). The lowest BCUT2D eigenvalue weighted by Crippen LogP contribution is -2.59. The number of aryl methyl sites for hydroxylation is 1. The van der Waals surface area contributed by atoms with Crippen LogP contribution in [-0.4, -0.2) is 45.8 Å². The van der Waals surface area contributed by atoms with E-state index in [4.69, 9.17) is 0 Å². The van der Waals surface area contributed by atoms with Gasteiger partial charge in [0.25, 0.3) is 5.91 Å². The summed E-state index contributed by atoms with van der Waals surface area (Å²) in [5.41, 5.74) is 0.835. The number of rotatable bonds is 3. The van der Waals surface area contributed by atoms with Gasteiger partial charge in [-0.3, -0.25) is 9.48 Å². The summed E-state index contributed by atoms with van der Waals surface area (Å²) in [6, 6.07) is 0. The van der Waals surface area contributed by atoms with Gasteiger partial charge in [0.05, 0.1) is 6.20 Å². The molecule has 5 aliphatic rings. The summed E-state index contributed by atoms with van der Waals surface area (Å²) in [7, 11) is 1.96. The van der Waals surface area contributed by atoms with Crippen LogP contribution in [0, 0.1) is 17.8 Å². The zero-order chi connectivity index (χ0) is 17.0. The lowest BCUT2D eigenvalue weighted by atomic mass is 9.53. The minimum absolute atomic E-state index is 0.0662. The van der Waals surface area contributed by atoms with E-state index in [2.05, 4.69) is 15.3 Å². The van der Waals surface area contributed by atoms with Crippen LogP contribution >= 0.6 is 11.8 Å². The summed E-state index contributed by atoms with van der Waals surface area (Å²) >= 11 is 1.99. The maximum absolute atomic E-state index is 13.2. The minimum atomic E-state index is 0.0662. The molecule has 0 unspecified atom stereocenters. The first-order valence-corrected chi connectivity index (χ1v) is 10.9. The monoisotopic (exact) mass is 360 g/mol. The Balaban J connectivity index is 1.38. The van der Waals surface area contributed by atoms with Crippen LogP contribution in [0.1, 0.15) is 48.9 Å². The Kier molecular flexibility index (Phi) is 3.80. The van der Waals surface area contributed by atoms with Gasteiger partial charge in [0.15, 0.2) is 0 Å². The van der Waals surface area contributed by atoms with Crippen molar-refractivity contribution < 1.29 is 4.79 Å². The first-order chi connectivity index (χ1) is 12.1. The largest absolute Gasteiger partial charge is 0.355 e. The Morgan fingerprint density at radius 2 is 1.76 bits per heavy atom. The minimum Gasteiger partial charge on any atom is -0.355 e. The van der Waals surface area contributed by atoms with Crippen molar-refractivity contribution in [2.24, 2.45) is 24.8 Å². The number of carbonyl (C=O) groups is 1. The van der Waals surface area contributed by atoms with Crippen LogP contribution in [0.25, 0.3) is 0 Å². The predicted molar refractivity (Wildman–Crippen MR) is 101 cm³/mol. The van der Waals surface area contributed by atoms with Crippen LogP contribution in [0.15, 0.2) is 6.20 Å². The lowest BCUT2D eigenvalue weighted by molar-refractivity contribution is -0.0166. The Bertz CT molecular complexity index is 644. The highest BCUT2D eigenvalue weighted by Crippen LogP contribution is 2.55. The predicted octanol–water partition coefficient (Wildman–Crippen LogP) is 2.67. The molecule has 0 radical (unpaired) electrons. The average molecular weight is 361 g/mol. The number of nitrogens with one attached hydrogen (secondary N) is 1. The fourth-order valence-electron chi connectivity index (χ4n) is 6.31. The molecule has 5 fully saturated rings. The molecule has 2 heterocycles. The van der Waals surface area contributed by atoms with Crippen LogP contribution in [-0.2, 0) is 7.05 Å². The number of carbonyl (C=O) groups excluding carboxylic acids is 1. The second kappa shape index (κ2) is 5.93. The van der Waals surface area contributed by atoms with E-state index < -0.39 is 0 Å². The smallest absolute Gasteiger partial charge is 0.257 e. The number of nitrogens with zero attached hydrogens (tertiary/aromatic N) is 3. The van der Waals surface area contributed by atoms with E-state index in [1.54, 1.807) is 6.20 Å². The fraction of sp³-hybridized carbons (Fsp3) is 0.789. The van der Waals surface area contributed by atoms with Crippen molar-refractivity contribution in [1.29, 1.82) is 0 Å². The molecule has 6 rings (SSSR count). The van der Waals surface area contributed by atoms with E-state index in [0.29, 0.717) is 0 Å². The third kappa shape index (κ3) is 2.77. The van der Waals surface area contributed by atoms with Crippen LogP contribution in [0.4, 0.5) is 5.82 Å². The van der Waals surface area contributed by atoms with Crippen molar-refractivity contribution in [3.8, 4) is 0 Å². The highest BCUT2D eigenvalue weighted by atomic mass is 32.2. The molecule has 4 saturated carbocycles. The van der Waals surface area contributed by atoms with Gasteiger partial charge in [0.1, 0.15) is 11.4 Å². The van der Waals surface area contributed by atoms with Crippen molar-refractivity contribution in [3.05, 3.63) is 11.8 Å². The lowest BCUT2D eigenvalue weighted by Gasteiger charge is -2.56. The zero-order valence-corrected chi connectivity index (χ0v) is 15.9. The van der Waals surface area contributed by atoms with Gasteiger partial charge < -0.3 is 10.2 Å². The molecule has 1 aromatic heterocycles. The molecule has 0 atom stereocenters. The Morgan fingerprint density at radius 3 is 2.36 bits per heavy atom. The fourth-order valence-corrected chi connectivity index (χ4v) is 7.22. The molecule has 0 aromatic carbocycles. The molecule has 25 heavy (non-hydrogen) atoms. The van der Waals surface area contributed by atoms with E-state index in [1.165, 1.54) is 38.5 Å². The summed E-state index contributed by atoms with van der Waals surface area (Å²) in [6.45, 7) is 2.00. The highest BCUT2D eigenvalue weighted by molar-refractivity contribution is 7.99. The molecule has 1 aromatic rings. The molecule has 136 valence electrons. The second-order valence-electron chi connectivity index (χ2n) is 8.76. The van der Waals surface area contributed by atoms with Gasteiger partial charge in [-0.2, -0.15) is 16.9 Å². The number of hydrogen-bond donors (Lipinski definition) is 1. The number of hydrogen-bond acceptors (Lipinski definition) is 4. The molecule has 4 bridgehead atoms. The van der Waals surface area contributed by atoms with E-state index >= 15 is 0 Å². The van der Waals surface area contributed by atoms with Gasteiger partial charge in [-0.25, -0.2) is 0 Å². The van der Waals surface area contributed by atoms with Gasteiger partial charge in [-0.05, 0) is 56.3 Å². The molecular weight excluding hydrogens is 332 g/mol. The molecule has 5 nitrogen and oxygen atoms in total. The average Bonchev–Trinajstić information content (AvgIpc) is 2.96. The van der Waals surface area contributed by atoms with Gasteiger partial charge >= 0.3 is 0 Å². The topological polar surface area (TPSA) is 50.2 Å².